The lowest BCUT2D eigenvalue weighted by Crippen LogP contribution is -2.48. The molecule has 1 aromatic rings. The molecule has 1 heterocycles. The Morgan fingerprint density at radius 3 is 2.90 bits per heavy atom. The standard InChI is InChI=1S/C16H25FN2O/c1-4-16(2)12-19(9-5-8-18-16)11-13-6-7-15(20-3)14(17)10-13/h6-7,10,18H,4-5,8-9,11-12H2,1-3H3. The molecule has 1 aliphatic heterocycles. The predicted molar refractivity (Wildman–Crippen MR) is 79.5 cm³/mol. The number of halogens is 1. The van der Waals surface area contributed by atoms with E-state index in [1.165, 1.54) is 7.11 Å². The number of ether oxygens (including phenoxy) is 1. The largest absolute Gasteiger partial charge is 0.494 e. The Hall–Kier alpha value is -1.13. The van der Waals surface area contributed by atoms with Gasteiger partial charge in [-0.15, -0.1) is 0 Å². The van der Waals surface area contributed by atoms with Gasteiger partial charge in [0.1, 0.15) is 0 Å². The molecule has 20 heavy (non-hydrogen) atoms. The number of rotatable bonds is 4. The Labute approximate surface area is 121 Å². The quantitative estimate of drug-likeness (QED) is 0.918. The summed E-state index contributed by atoms with van der Waals surface area (Å²) in [6.07, 6.45) is 2.23. The Morgan fingerprint density at radius 1 is 1.45 bits per heavy atom. The van der Waals surface area contributed by atoms with Crippen molar-refractivity contribution in [2.45, 2.75) is 38.8 Å². The highest BCUT2D eigenvalue weighted by Gasteiger charge is 2.27. The van der Waals surface area contributed by atoms with Crippen molar-refractivity contribution in [2.75, 3.05) is 26.7 Å². The highest BCUT2D eigenvalue weighted by Crippen LogP contribution is 2.21. The van der Waals surface area contributed by atoms with E-state index in [0.29, 0.717) is 5.75 Å². The van der Waals surface area contributed by atoms with Gasteiger partial charge in [-0.3, -0.25) is 4.90 Å². The highest BCUT2D eigenvalue weighted by atomic mass is 19.1. The number of nitrogens with zero attached hydrogens (tertiary/aromatic N) is 1. The first kappa shape index (κ1) is 15.3. The van der Waals surface area contributed by atoms with Gasteiger partial charge in [0.25, 0.3) is 0 Å². The van der Waals surface area contributed by atoms with Gasteiger partial charge in [0, 0.05) is 18.6 Å². The van der Waals surface area contributed by atoms with E-state index in [2.05, 4.69) is 24.1 Å². The Morgan fingerprint density at radius 2 is 2.25 bits per heavy atom. The fourth-order valence-electron chi connectivity index (χ4n) is 2.76. The first-order chi connectivity index (χ1) is 9.56. The lowest BCUT2D eigenvalue weighted by molar-refractivity contribution is 0.208. The van der Waals surface area contributed by atoms with Crippen LogP contribution in [-0.4, -0.2) is 37.2 Å². The van der Waals surface area contributed by atoms with E-state index in [1.54, 1.807) is 12.1 Å². The molecule has 1 aromatic carbocycles. The van der Waals surface area contributed by atoms with E-state index in [4.69, 9.17) is 4.74 Å². The normalized spacial score (nSPS) is 24.4. The molecular formula is C16H25FN2O. The van der Waals surface area contributed by atoms with Crippen LogP contribution in [0.15, 0.2) is 18.2 Å². The zero-order chi connectivity index (χ0) is 14.6. The van der Waals surface area contributed by atoms with Gasteiger partial charge in [-0.25, -0.2) is 4.39 Å². The van der Waals surface area contributed by atoms with Gasteiger partial charge in [-0.2, -0.15) is 0 Å². The minimum Gasteiger partial charge on any atom is -0.494 e. The van der Waals surface area contributed by atoms with Crippen LogP contribution in [0.5, 0.6) is 5.75 Å². The molecule has 0 spiro atoms. The smallest absolute Gasteiger partial charge is 0.165 e. The van der Waals surface area contributed by atoms with E-state index < -0.39 is 0 Å². The summed E-state index contributed by atoms with van der Waals surface area (Å²) in [6, 6.07) is 5.24. The van der Waals surface area contributed by atoms with Crippen molar-refractivity contribution in [3.05, 3.63) is 29.6 Å². The lowest BCUT2D eigenvalue weighted by atomic mass is 9.98. The number of benzene rings is 1. The topological polar surface area (TPSA) is 24.5 Å². The van der Waals surface area contributed by atoms with Gasteiger partial charge in [-0.1, -0.05) is 13.0 Å². The summed E-state index contributed by atoms with van der Waals surface area (Å²) in [6.45, 7) is 8.37. The van der Waals surface area contributed by atoms with Crippen molar-refractivity contribution < 1.29 is 9.13 Å². The summed E-state index contributed by atoms with van der Waals surface area (Å²) in [5.41, 5.74) is 1.16. The van der Waals surface area contributed by atoms with Gasteiger partial charge in [-0.05, 0) is 50.6 Å². The van der Waals surface area contributed by atoms with Gasteiger partial charge >= 0.3 is 0 Å². The molecule has 0 bridgehead atoms. The third-order valence-corrected chi connectivity index (χ3v) is 4.18. The van der Waals surface area contributed by atoms with Crippen molar-refractivity contribution in [3.63, 3.8) is 0 Å². The Balaban J connectivity index is 2.06. The van der Waals surface area contributed by atoms with Gasteiger partial charge in [0.2, 0.25) is 0 Å². The van der Waals surface area contributed by atoms with E-state index in [0.717, 1.165) is 44.6 Å². The van der Waals surface area contributed by atoms with Crippen molar-refractivity contribution in [1.29, 1.82) is 0 Å². The molecule has 0 saturated carbocycles. The molecule has 1 unspecified atom stereocenters. The first-order valence-electron chi connectivity index (χ1n) is 7.36. The number of methoxy groups -OCH3 is 1. The average Bonchev–Trinajstić information content (AvgIpc) is 2.61. The highest BCUT2D eigenvalue weighted by molar-refractivity contribution is 5.29. The molecule has 4 heteroatoms. The third kappa shape index (κ3) is 3.70. The summed E-state index contributed by atoms with van der Waals surface area (Å²) in [7, 11) is 1.49. The van der Waals surface area contributed by atoms with Crippen LogP contribution in [0.1, 0.15) is 32.3 Å². The SMILES string of the molecule is CCC1(C)CN(Cc2ccc(OC)c(F)c2)CCCN1. The predicted octanol–water partition coefficient (Wildman–Crippen LogP) is 2.80. The van der Waals surface area contributed by atoms with Crippen LogP contribution in [-0.2, 0) is 6.54 Å². The first-order valence-corrected chi connectivity index (χ1v) is 7.36. The van der Waals surface area contributed by atoms with Crippen molar-refractivity contribution in [1.82, 2.24) is 10.2 Å². The van der Waals surface area contributed by atoms with Crippen LogP contribution >= 0.6 is 0 Å². The maximum absolute atomic E-state index is 13.7. The zero-order valence-electron chi connectivity index (χ0n) is 12.7. The third-order valence-electron chi connectivity index (χ3n) is 4.18. The van der Waals surface area contributed by atoms with Crippen LogP contribution in [0.3, 0.4) is 0 Å². The molecule has 3 nitrogen and oxygen atoms in total. The number of nitrogens with one attached hydrogen (secondary N) is 1. The minimum absolute atomic E-state index is 0.154. The Kier molecular flexibility index (Phi) is 5.00. The molecule has 1 aliphatic rings. The van der Waals surface area contributed by atoms with Crippen LogP contribution in [0, 0.1) is 5.82 Å². The Bertz CT molecular complexity index is 452. The second-order valence-electron chi connectivity index (χ2n) is 5.87. The second kappa shape index (κ2) is 6.55. The van der Waals surface area contributed by atoms with Gasteiger partial charge in [0.15, 0.2) is 11.6 Å². The molecular weight excluding hydrogens is 255 g/mol. The number of hydrogen-bond acceptors (Lipinski definition) is 3. The maximum atomic E-state index is 13.7. The lowest BCUT2D eigenvalue weighted by Gasteiger charge is -2.32. The molecule has 0 aliphatic carbocycles. The van der Waals surface area contributed by atoms with Crippen molar-refractivity contribution in [3.8, 4) is 5.75 Å². The van der Waals surface area contributed by atoms with E-state index in [1.807, 2.05) is 6.07 Å². The average molecular weight is 280 g/mol. The second-order valence-corrected chi connectivity index (χ2v) is 5.87. The van der Waals surface area contributed by atoms with Crippen LogP contribution in [0.2, 0.25) is 0 Å². The van der Waals surface area contributed by atoms with Crippen LogP contribution < -0.4 is 10.1 Å². The zero-order valence-corrected chi connectivity index (χ0v) is 12.7. The molecule has 112 valence electrons. The van der Waals surface area contributed by atoms with Gasteiger partial charge in [0.05, 0.1) is 7.11 Å². The summed E-state index contributed by atoms with van der Waals surface area (Å²) in [4.78, 5) is 2.41. The molecule has 1 saturated heterocycles. The van der Waals surface area contributed by atoms with E-state index in [-0.39, 0.29) is 11.4 Å². The summed E-state index contributed by atoms with van der Waals surface area (Å²) in [5.74, 6) is 0.0286. The van der Waals surface area contributed by atoms with Gasteiger partial charge < -0.3 is 10.1 Å². The molecule has 0 radical (unpaired) electrons. The van der Waals surface area contributed by atoms with E-state index >= 15 is 0 Å². The molecule has 1 N–H and O–H groups in total. The fraction of sp³-hybridized carbons (Fsp3) is 0.625. The summed E-state index contributed by atoms with van der Waals surface area (Å²) < 4.78 is 18.7. The van der Waals surface area contributed by atoms with Crippen molar-refractivity contribution >= 4 is 0 Å². The minimum atomic E-state index is -0.281. The summed E-state index contributed by atoms with van der Waals surface area (Å²) >= 11 is 0. The maximum Gasteiger partial charge on any atom is 0.165 e. The molecule has 1 fully saturated rings. The monoisotopic (exact) mass is 280 g/mol. The van der Waals surface area contributed by atoms with Crippen molar-refractivity contribution in [2.24, 2.45) is 0 Å². The van der Waals surface area contributed by atoms with E-state index in [9.17, 15) is 4.39 Å². The van der Waals surface area contributed by atoms with Crippen LogP contribution in [0.4, 0.5) is 4.39 Å². The molecule has 0 amide bonds. The molecule has 2 rings (SSSR count). The van der Waals surface area contributed by atoms with Crippen LogP contribution in [0.25, 0.3) is 0 Å². The number of hydrogen-bond donors (Lipinski definition) is 1. The summed E-state index contributed by atoms with van der Waals surface area (Å²) in [5, 5.41) is 3.62. The molecule has 0 aromatic heterocycles. The molecule has 1 atom stereocenters. The fourth-order valence-corrected chi connectivity index (χ4v) is 2.76.